The molecule has 4 aromatic carbocycles. The molecule has 7 nitrogen and oxygen atoms in total. The van der Waals surface area contributed by atoms with E-state index in [2.05, 4.69) is 5.32 Å². The molecule has 0 radical (unpaired) electrons. The van der Waals surface area contributed by atoms with E-state index in [4.69, 9.17) is 9.47 Å². The largest absolute Gasteiger partial charge is 0.497 e. The Labute approximate surface area is 243 Å². The minimum absolute atomic E-state index is 0.242. The van der Waals surface area contributed by atoms with Gasteiger partial charge in [-0.15, -0.1) is 0 Å². The van der Waals surface area contributed by atoms with Crippen LogP contribution >= 0.6 is 0 Å². The van der Waals surface area contributed by atoms with Crippen LogP contribution in [-0.2, 0) is 10.2 Å². The van der Waals surface area contributed by atoms with Crippen molar-refractivity contribution in [2.75, 3.05) is 24.4 Å². The zero-order chi connectivity index (χ0) is 29.0. The Kier molecular flexibility index (Phi) is 5.97. The summed E-state index contributed by atoms with van der Waals surface area (Å²) in [5.74, 6) is -0.625. The SMILES string of the molecule is COc1ccc(C(=O)[C@@H]2[C@@H](C(=O)c3ccc(OC)cc3)[C@@]3(C(=O)Nc4ccccc43)[C@H]3C=Cc4ccccc4N23)cc1. The second-order valence-corrected chi connectivity index (χ2v) is 10.7. The van der Waals surface area contributed by atoms with E-state index in [1.807, 2.05) is 65.6 Å². The van der Waals surface area contributed by atoms with E-state index in [1.165, 1.54) is 0 Å². The van der Waals surface area contributed by atoms with E-state index in [1.54, 1.807) is 62.8 Å². The quantitative estimate of drug-likeness (QED) is 0.313. The third-order valence-electron chi connectivity index (χ3n) is 8.84. The first kappa shape index (κ1) is 25.8. The molecule has 42 heavy (non-hydrogen) atoms. The maximum atomic E-state index is 14.8. The van der Waals surface area contributed by atoms with Gasteiger partial charge in [-0.2, -0.15) is 0 Å². The van der Waals surface area contributed by atoms with E-state index in [-0.39, 0.29) is 17.5 Å². The van der Waals surface area contributed by atoms with Gasteiger partial charge in [0.15, 0.2) is 11.6 Å². The first-order valence-electron chi connectivity index (χ1n) is 13.8. The number of carbonyl (C=O) groups excluding carboxylic acids is 3. The molecule has 4 aromatic rings. The summed E-state index contributed by atoms with van der Waals surface area (Å²) in [6.45, 7) is 0. The molecule has 0 aromatic heterocycles. The Morgan fingerprint density at radius 3 is 2.02 bits per heavy atom. The molecule has 3 heterocycles. The minimum atomic E-state index is -1.36. The first-order chi connectivity index (χ1) is 20.5. The van der Waals surface area contributed by atoms with Gasteiger partial charge in [-0.1, -0.05) is 48.6 Å². The Bertz CT molecular complexity index is 1760. The van der Waals surface area contributed by atoms with Crippen LogP contribution in [0.3, 0.4) is 0 Å². The smallest absolute Gasteiger partial charge is 0.238 e. The lowest BCUT2D eigenvalue weighted by Gasteiger charge is -2.37. The summed E-state index contributed by atoms with van der Waals surface area (Å²) in [5.41, 5.74) is 2.57. The number of ether oxygens (including phenoxy) is 2. The van der Waals surface area contributed by atoms with Crippen LogP contribution in [0.2, 0.25) is 0 Å². The van der Waals surface area contributed by atoms with Crippen molar-refractivity contribution in [2.45, 2.75) is 17.5 Å². The molecule has 0 bridgehead atoms. The van der Waals surface area contributed by atoms with E-state index < -0.39 is 23.4 Å². The zero-order valence-electron chi connectivity index (χ0n) is 23.1. The average molecular weight is 557 g/mol. The number of nitrogens with one attached hydrogen (secondary N) is 1. The van der Waals surface area contributed by atoms with Crippen molar-refractivity contribution in [2.24, 2.45) is 5.92 Å². The highest BCUT2D eigenvalue weighted by atomic mass is 16.5. The van der Waals surface area contributed by atoms with Gasteiger partial charge in [0.1, 0.15) is 23.0 Å². The fourth-order valence-corrected chi connectivity index (χ4v) is 6.98. The summed E-state index contributed by atoms with van der Waals surface area (Å²) in [4.78, 5) is 45.9. The molecule has 0 unspecified atom stereocenters. The van der Waals surface area contributed by atoms with Gasteiger partial charge in [-0.3, -0.25) is 14.4 Å². The lowest BCUT2D eigenvalue weighted by Crippen LogP contribution is -2.51. The van der Waals surface area contributed by atoms with Gasteiger partial charge in [0.05, 0.1) is 26.2 Å². The Morgan fingerprint density at radius 1 is 0.762 bits per heavy atom. The second kappa shape index (κ2) is 9.73. The number of amides is 1. The van der Waals surface area contributed by atoms with Crippen molar-refractivity contribution >= 4 is 34.9 Å². The number of Topliss-reactive ketones (excluding diaryl/α,β-unsaturated/α-hetero) is 2. The van der Waals surface area contributed by atoms with Gasteiger partial charge < -0.3 is 19.7 Å². The number of para-hydroxylation sites is 2. The summed E-state index contributed by atoms with van der Waals surface area (Å²) in [5, 5.41) is 3.06. The number of fused-ring (bicyclic) bond motifs is 6. The van der Waals surface area contributed by atoms with Crippen LogP contribution in [-0.4, -0.2) is 43.8 Å². The summed E-state index contributed by atoms with van der Waals surface area (Å²) >= 11 is 0. The average Bonchev–Trinajstić information content (AvgIpc) is 3.52. The monoisotopic (exact) mass is 556 g/mol. The topological polar surface area (TPSA) is 84.9 Å². The van der Waals surface area contributed by atoms with Crippen LogP contribution < -0.4 is 19.7 Å². The molecular formula is C35H28N2O5. The van der Waals surface area contributed by atoms with Gasteiger partial charge in [0.2, 0.25) is 5.91 Å². The maximum Gasteiger partial charge on any atom is 0.238 e. The number of hydrogen-bond donors (Lipinski definition) is 1. The highest BCUT2D eigenvalue weighted by molar-refractivity contribution is 6.18. The first-order valence-corrected chi connectivity index (χ1v) is 13.8. The molecule has 7 heteroatoms. The van der Waals surface area contributed by atoms with E-state index >= 15 is 0 Å². The number of methoxy groups -OCH3 is 2. The molecule has 1 amide bonds. The van der Waals surface area contributed by atoms with Crippen LogP contribution in [0.1, 0.15) is 31.8 Å². The number of rotatable bonds is 6. The second-order valence-electron chi connectivity index (χ2n) is 10.7. The molecule has 3 aliphatic rings. The molecule has 3 aliphatic heterocycles. The Morgan fingerprint density at radius 2 is 1.36 bits per heavy atom. The summed E-state index contributed by atoms with van der Waals surface area (Å²) in [7, 11) is 3.13. The fourth-order valence-electron chi connectivity index (χ4n) is 6.98. The predicted octanol–water partition coefficient (Wildman–Crippen LogP) is 5.56. The summed E-state index contributed by atoms with van der Waals surface area (Å²) < 4.78 is 10.7. The van der Waals surface area contributed by atoms with Crippen LogP contribution in [0.15, 0.2) is 103 Å². The normalized spacial score (nSPS) is 23.1. The van der Waals surface area contributed by atoms with E-state index in [0.29, 0.717) is 33.9 Å². The molecule has 7 rings (SSSR count). The molecule has 0 saturated carbocycles. The third-order valence-corrected chi connectivity index (χ3v) is 8.84. The van der Waals surface area contributed by atoms with E-state index in [0.717, 1.165) is 11.3 Å². The van der Waals surface area contributed by atoms with Gasteiger partial charge in [0.25, 0.3) is 0 Å². The van der Waals surface area contributed by atoms with Crippen molar-refractivity contribution in [3.63, 3.8) is 0 Å². The number of anilines is 2. The standard InChI is InChI=1S/C35H28N2O5/c1-41-24-16-11-22(12-17-24)32(38)30-31(33(39)23-13-18-25(42-2)19-14-23)37-28-10-6-3-7-21(28)15-20-29(37)35(30)26-8-4-5-9-27(26)36-34(35)40/h3-20,29-31H,1-2H3,(H,36,40)/t29-,30+,31+,35+/m1/s1. The molecule has 1 spiro atoms. The van der Waals surface area contributed by atoms with Crippen LogP contribution in [0.25, 0.3) is 6.08 Å². The van der Waals surface area contributed by atoms with Crippen LogP contribution in [0, 0.1) is 5.92 Å². The molecule has 208 valence electrons. The lowest BCUT2D eigenvalue weighted by atomic mass is 9.64. The number of carbonyl (C=O) groups is 3. The highest BCUT2D eigenvalue weighted by Crippen LogP contribution is 2.58. The van der Waals surface area contributed by atoms with Gasteiger partial charge in [-0.25, -0.2) is 0 Å². The van der Waals surface area contributed by atoms with Crippen LogP contribution in [0.4, 0.5) is 11.4 Å². The van der Waals surface area contributed by atoms with Crippen molar-refractivity contribution in [1.29, 1.82) is 0 Å². The van der Waals surface area contributed by atoms with Gasteiger partial charge >= 0.3 is 0 Å². The molecule has 1 saturated heterocycles. The Balaban J connectivity index is 1.50. The van der Waals surface area contributed by atoms with Crippen molar-refractivity contribution in [3.8, 4) is 11.5 Å². The molecule has 1 N–H and O–H groups in total. The number of hydrogen-bond acceptors (Lipinski definition) is 6. The van der Waals surface area contributed by atoms with Crippen molar-refractivity contribution < 1.29 is 23.9 Å². The minimum Gasteiger partial charge on any atom is -0.497 e. The number of nitrogens with zero attached hydrogens (tertiary/aromatic N) is 1. The third kappa shape index (κ3) is 3.56. The van der Waals surface area contributed by atoms with Gasteiger partial charge in [-0.05, 0) is 71.8 Å². The fraction of sp³-hybridized carbons (Fsp3) is 0.171. The highest BCUT2D eigenvalue weighted by Gasteiger charge is 2.70. The molecule has 4 atom stereocenters. The summed E-state index contributed by atoms with van der Waals surface area (Å²) in [6.07, 6.45) is 3.96. The van der Waals surface area contributed by atoms with Gasteiger partial charge in [0, 0.05) is 22.5 Å². The zero-order valence-corrected chi connectivity index (χ0v) is 23.1. The predicted molar refractivity (Wildman–Crippen MR) is 160 cm³/mol. The maximum absolute atomic E-state index is 14.8. The van der Waals surface area contributed by atoms with E-state index in [9.17, 15) is 14.4 Å². The summed E-state index contributed by atoms with van der Waals surface area (Å²) in [6, 6.07) is 27.4. The van der Waals surface area contributed by atoms with Crippen LogP contribution in [0.5, 0.6) is 11.5 Å². The number of ketones is 2. The molecule has 1 fully saturated rings. The molecule has 0 aliphatic carbocycles. The van der Waals surface area contributed by atoms with Crippen molar-refractivity contribution in [1.82, 2.24) is 0 Å². The lowest BCUT2D eigenvalue weighted by molar-refractivity contribution is -0.121. The number of benzene rings is 4. The van der Waals surface area contributed by atoms with Crippen molar-refractivity contribution in [3.05, 3.63) is 125 Å². The molecular weight excluding hydrogens is 528 g/mol. The Hall–Kier alpha value is -5.17.